The van der Waals surface area contributed by atoms with Crippen LogP contribution in [0.25, 0.3) is 0 Å². The Bertz CT molecular complexity index is 796. The highest BCUT2D eigenvalue weighted by molar-refractivity contribution is 6.06. The largest absolute Gasteiger partial charge is 0.507 e. The molecular formula is C21H27N3O2. The molecule has 2 aromatic carbocycles. The number of phenolic OH excluding ortho intramolecular Hbond substituents is 1. The van der Waals surface area contributed by atoms with Crippen LogP contribution in [0.4, 0.5) is 11.4 Å². The maximum Gasteiger partial charge on any atom is 0.259 e. The lowest BCUT2D eigenvalue weighted by Gasteiger charge is -2.35. The summed E-state index contributed by atoms with van der Waals surface area (Å²) >= 11 is 0. The Morgan fingerprint density at radius 2 is 1.85 bits per heavy atom. The van der Waals surface area contributed by atoms with Crippen molar-refractivity contribution in [2.75, 3.05) is 43.4 Å². The van der Waals surface area contributed by atoms with Crippen molar-refractivity contribution in [1.82, 2.24) is 4.90 Å². The number of hydrogen-bond acceptors (Lipinski definition) is 4. The van der Waals surface area contributed by atoms with E-state index in [-0.39, 0.29) is 11.7 Å². The van der Waals surface area contributed by atoms with E-state index in [1.54, 1.807) is 12.1 Å². The smallest absolute Gasteiger partial charge is 0.259 e. The third-order valence-corrected chi connectivity index (χ3v) is 5.01. The molecule has 0 atom stereocenters. The maximum absolute atomic E-state index is 12.6. The quantitative estimate of drug-likeness (QED) is 0.886. The number of phenols is 1. The Kier molecular flexibility index (Phi) is 5.47. The van der Waals surface area contributed by atoms with Gasteiger partial charge in [-0.1, -0.05) is 13.0 Å². The fraction of sp³-hybridized carbons (Fsp3) is 0.381. The Balaban J connectivity index is 1.74. The van der Waals surface area contributed by atoms with Crippen molar-refractivity contribution in [3.05, 3.63) is 53.1 Å². The van der Waals surface area contributed by atoms with Crippen molar-refractivity contribution < 1.29 is 9.90 Å². The van der Waals surface area contributed by atoms with Crippen molar-refractivity contribution in [3.8, 4) is 5.75 Å². The van der Waals surface area contributed by atoms with E-state index in [1.807, 2.05) is 25.1 Å². The number of benzene rings is 2. The van der Waals surface area contributed by atoms with Crippen molar-refractivity contribution in [1.29, 1.82) is 0 Å². The predicted molar refractivity (Wildman–Crippen MR) is 106 cm³/mol. The standard InChI is InChI=1S/C21H27N3O2/c1-4-16-5-8-20(25)18(14-16)21(26)22-17-6-7-19(15(2)13-17)24-11-9-23(3)10-12-24/h5-8,13-14,25H,4,9-12H2,1-3H3,(H,22,26). The van der Waals surface area contributed by atoms with Crippen molar-refractivity contribution >= 4 is 17.3 Å². The summed E-state index contributed by atoms with van der Waals surface area (Å²) in [5, 5.41) is 12.9. The number of piperazine rings is 1. The third kappa shape index (κ3) is 3.99. The molecule has 138 valence electrons. The van der Waals surface area contributed by atoms with Gasteiger partial charge in [0.2, 0.25) is 0 Å². The highest BCUT2D eigenvalue weighted by atomic mass is 16.3. The Morgan fingerprint density at radius 3 is 2.50 bits per heavy atom. The molecular weight excluding hydrogens is 326 g/mol. The molecule has 0 saturated carbocycles. The molecule has 1 aliphatic heterocycles. The molecule has 0 aromatic heterocycles. The van der Waals surface area contributed by atoms with Gasteiger partial charge in [-0.25, -0.2) is 0 Å². The van der Waals surface area contributed by atoms with Crippen molar-refractivity contribution in [2.24, 2.45) is 0 Å². The maximum atomic E-state index is 12.6. The number of aryl methyl sites for hydroxylation is 2. The minimum atomic E-state index is -0.287. The second-order valence-electron chi connectivity index (χ2n) is 6.95. The third-order valence-electron chi connectivity index (χ3n) is 5.01. The lowest BCUT2D eigenvalue weighted by atomic mass is 10.1. The first-order valence-electron chi connectivity index (χ1n) is 9.15. The molecule has 2 aromatic rings. The van der Waals surface area contributed by atoms with Crippen molar-refractivity contribution in [3.63, 3.8) is 0 Å². The van der Waals surface area contributed by atoms with E-state index < -0.39 is 0 Å². The average molecular weight is 353 g/mol. The van der Waals surface area contributed by atoms with E-state index in [9.17, 15) is 9.90 Å². The van der Waals surface area contributed by atoms with E-state index in [2.05, 4.69) is 35.2 Å². The lowest BCUT2D eigenvalue weighted by Crippen LogP contribution is -2.44. The number of aromatic hydroxyl groups is 1. The van der Waals surface area contributed by atoms with Gasteiger partial charge >= 0.3 is 0 Å². The highest BCUT2D eigenvalue weighted by Crippen LogP contribution is 2.26. The summed E-state index contributed by atoms with van der Waals surface area (Å²) in [6, 6.07) is 11.1. The minimum Gasteiger partial charge on any atom is -0.507 e. The average Bonchev–Trinajstić information content (AvgIpc) is 2.63. The number of anilines is 2. The topological polar surface area (TPSA) is 55.8 Å². The van der Waals surface area contributed by atoms with Crippen LogP contribution in [0.3, 0.4) is 0 Å². The number of hydrogen-bond donors (Lipinski definition) is 2. The van der Waals surface area contributed by atoms with Gasteiger partial charge in [-0.3, -0.25) is 4.79 Å². The van der Waals surface area contributed by atoms with Crippen LogP contribution < -0.4 is 10.2 Å². The van der Waals surface area contributed by atoms with Gasteiger partial charge in [-0.05, 0) is 61.9 Å². The van der Waals surface area contributed by atoms with Crippen LogP contribution >= 0.6 is 0 Å². The second kappa shape index (κ2) is 7.79. The van der Waals surface area contributed by atoms with Gasteiger partial charge in [0.25, 0.3) is 5.91 Å². The SMILES string of the molecule is CCc1ccc(O)c(C(=O)Nc2ccc(N3CCN(C)CC3)c(C)c2)c1. The Morgan fingerprint density at radius 1 is 1.12 bits per heavy atom. The van der Waals surface area contributed by atoms with Gasteiger partial charge in [0, 0.05) is 37.6 Å². The molecule has 0 unspecified atom stereocenters. The van der Waals surface area contributed by atoms with Crippen LogP contribution in [-0.4, -0.2) is 49.1 Å². The molecule has 5 nitrogen and oxygen atoms in total. The molecule has 1 fully saturated rings. The van der Waals surface area contributed by atoms with Crippen LogP contribution in [0, 0.1) is 6.92 Å². The van der Waals surface area contributed by atoms with E-state index >= 15 is 0 Å². The fourth-order valence-corrected chi connectivity index (χ4v) is 3.32. The van der Waals surface area contributed by atoms with Crippen molar-refractivity contribution in [2.45, 2.75) is 20.3 Å². The summed E-state index contributed by atoms with van der Waals surface area (Å²) in [5.74, 6) is -0.282. The molecule has 26 heavy (non-hydrogen) atoms. The highest BCUT2D eigenvalue weighted by Gasteiger charge is 2.17. The summed E-state index contributed by atoms with van der Waals surface area (Å²) in [6.45, 7) is 8.24. The van der Waals surface area contributed by atoms with Crippen LogP contribution in [0.15, 0.2) is 36.4 Å². The summed E-state index contributed by atoms with van der Waals surface area (Å²) in [7, 11) is 2.14. The lowest BCUT2D eigenvalue weighted by molar-refractivity contribution is 0.102. The van der Waals surface area contributed by atoms with Gasteiger partial charge in [-0.15, -0.1) is 0 Å². The molecule has 0 bridgehead atoms. The predicted octanol–water partition coefficient (Wildman–Crippen LogP) is 3.27. The van der Waals surface area contributed by atoms with Gasteiger partial charge in [0.15, 0.2) is 0 Å². The molecule has 1 aliphatic rings. The zero-order valence-corrected chi connectivity index (χ0v) is 15.7. The molecule has 5 heteroatoms. The summed E-state index contributed by atoms with van der Waals surface area (Å²) in [6.07, 6.45) is 0.819. The van der Waals surface area contributed by atoms with Gasteiger partial charge in [-0.2, -0.15) is 0 Å². The van der Waals surface area contributed by atoms with Crippen LogP contribution in [0.5, 0.6) is 5.75 Å². The van der Waals surface area contributed by atoms with Crippen LogP contribution in [0.1, 0.15) is 28.4 Å². The number of carbonyl (C=O) groups is 1. The first-order valence-corrected chi connectivity index (χ1v) is 9.15. The van der Waals surface area contributed by atoms with E-state index in [0.717, 1.165) is 49.4 Å². The Labute approximate surface area is 155 Å². The first kappa shape index (κ1) is 18.3. The molecule has 3 rings (SSSR count). The van der Waals surface area contributed by atoms with E-state index in [4.69, 9.17) is 0 Å². The van der Waals surface area contributed by atoms with Gasteiger partial charge in [0.1, 0.15) is 5.75 Å². The van der Waals surface area contributed by atoms with Crippen LogP contribution in [0.2, 0.25) is 0 Å². The molecule has 0 radical (unpaired) electrons. The number of nitrogens with one attached hydrogen (secondary N) is 1. The fourth-order valence-electron chi connectivity index (χ4n) is 3.32. The number of amides is 1. The number of rotatable bonds is 4. The van der Waals surface area contributed by atoms with E-state index in [0.29, 0.717) is 5.56 Å². The summed E-state index contributed by atoms with van der Waals surface area (Å²) < 4.78 is 0. The molecule has 0 spiro atoms. The first-order chi connectivity index (χ1) is 12.5. The minimum absolute atomic E-state index is 0.00507. The van der Waals surface area contributed by atoms with E-state index in [1.165, 1.54) is 5.69 Å². The zero-order valence-electron chi connectivity index (χ0n) is 15.7. The number of carbonyl (C=O) groups excluding carboxylic acids is 1. The monoisotopic (exact) mass is 353 g/mol. The van der Waals surface area contributed by atoms with Crippen LogP contribution in [-0.2, 0) is 6.42 Å². The molecule has 2 N–H and O–H groups in total. The summed E-state index contributed by atoms with van der Waals surface area (Å²) in [5.41, 5.74) is 4.43. The van der Waals surface area contributed by atoms with Gasteiger partial charge < -0.3 is 20.2 Å². The number of likely N-dealkylation sites (N-methyl/N-ethyl adjacent to an activating group) is 1. The summed E-state index contributed by atoms with van der Waals surface area (Å²) in [4.78, 5) is 17.3. The normalized spacial score (nSPS) is 15.1. The Hall–Kier alpha value is -2.53. The molecule has 0 aliphatic carbocycles. The number of nitrogens with zero attached hydrogens (tertiary/aromatic N) is 2. The zero-order chi connectivity index (χ0) is 18.7. The molecule has 1 heterocycles. The van der Waals surface area contributed by atoms with Gasteiger partial charge in [0.05, 0.1) is 5.56 Å². The molecule has 1 saturated heterocycles. The second-order valence-corrected chi connectivity index (χ2v) is 6.95. The molecule has 1 amide bonds.